The minimum atomic E-state index is -0.623. The molecule has 0 saturated heterocycles. The van der Waals surface area contributed by atoms with Crippen LogP contribution in [0.1, 0.15) is 64.7 Å². The van der Waals surface area contributed by atoms with Gasteiger partial charge in [-0.25, -0.2) is 0 Å². The quantitative estimate of drug-likeness (QED) is 0.460. The molecule has 1 N–H and O–H groups in total. The van der Waals surface area contributed by atoms with E-state index in [0.29, 0.717) is 12.3 Å². The van der Waals surface area contributed by atoms with E-state index in [9.17, 15) is 9.59 Å². The molecule has 180 valence electrons. The van der Waals surface area contributed by atoms with Crippen LogP contribution in [0.2, 0.25) is 0 Å². The first-order chi connectivity index (χ1) is 15.4. The molecule has 0 bridgehead atoms. The normalized spacial score (nSPS) is 13.2. The van der Waals surface area contributed by atoms with Crippen LogP contribution in [0.5, 0.6) is 5.75 Å². The van der Waals surface area contributed by atoms with Gasteiger partial charge in [0, 0.05) is 12.6 Å². The van der Waals surface area contributed by atoms with Crippen LogP contribution in [0.25, 0.3) is 0 Å². The standard InChI is InChI=1S/C27H37BrN2O3/c1-8-19(3)29-26(32)20(4)30(16-21-11-9-10-18(2)14-21)25(31)17-33-24-13-12-22(15-23(24)28)27(5,6)7/h9-15,19-20H,8,16-17H2,1-7H3,(H,29,32)/t19-,20+/m1/s1. The van der Waals surface area contributed by atoms with Gasteiger partial charge in [0.15, 0.2) is 6.61 Å². The van der Waals surface area contributed by atoms with Crippen molar-refractivity contribution in [1.82, 2.24) is 10.2 Å². The van der Waals surface area contributed by atoms with Crippen molar-refractivity contribution >= 4 is 27.7 Å². The fourth-order valence-corrected chi connectivity index (χ4v) is 3.86. The lowest BCUT2D eigenvalue weighted by Crippen LogP contribution is -2.50. The van der Waals surface area contributed by atoms with Crippen molar-refractivity contribution in [1.29, 1.82) is 0 Å². The fourth-order valence-electron chi connectivity index (χ4n) is 3.36. The minimum Gasteiger partial charge on any atom is -0.483 e. The summed E-state index contributed by atoms with van der Waals surface area (Å²) >= 11 is 3.56. The molecule has 0 unspecified atom stereocenters. The van der Waals surface area contributed by atoms with Gasteiger partial charge in [-0.3, -0.25) is 9.59 Å². The second-order valence-corrected chi connectivity index (χ2v) is 10.5. The minimum absolute atomic E-state index is 0.0138. The van der Waals surface area contributed by atoms with Gasteiger partial charge in [0.2, 0.25) is 5.91 Å². The summed E-state index contributed by atoms with van der Waals surface area (Å²) in [5, 5.41) is 2.98. The van der Waals surface area contributed by atoms with Gasteiger partial charge < -0.3 is 15.0 Å². The third kappa shape index (κ3) is 7.88. The van der Waals surface area contributed by atoms with E-state index in [1.165, 1.54) is 5.56 Å². The molecule has 0 radical (unpaired) electrons. The van der Waals surface area contributed by atoms with Crippen molar-refractivity contribution in [2.24, 2.45) is 0 Å². The summed E-state index contributed by atoms with van der Waals surface area (Å²) in [7, 11) is 0. The molecule has 0 heterocycles. The lowest BCUT2D eigenvalue weighted by atomic mass is 9.87. The van der Waals surface area contributed by atoms with Crippen LogP contribution >= 0.6 is 15.9 Å². The Morgan fingerprint density at radius 1 is 1.12 bits per heavy atom. The van der Waals surface area contributed by atoms with E-state index < -0.39 is 6.04 Å². The van der Waals surface area contributed by atoms with Crippen LogP contribution in [-0.2, 0) is 21.5 Å². The molecule has 0 aromatic heterocycles. The Kier molecular flexibility index (Phi) is 9.53. The third-order valence-corrected chi connectivity index (χ3v) is 6.37. The molecule has 2 aromatic rings. The molecular formula is C27H37BrN2O3. The van der Waals surface area contributed by atoms with Gasteiger partial charge >= 0.3 is 0 Å². The Hall–Kier alpha value is -2.34. The van der Waals surface area contributed by atoms with Crippen LogP contribution in [0.3, 0.4) is 0 Å². The monoisotopic (exact) mass is 516 g/mol. The maximum atomic E-state index is 13.3. The molecule has 0 spiro atoms. The number of carbonyl (C=O) groups is 2. The summed E-state index contributed by atoms with van der Waals surface area (Å²) in [6.07, 6.45) is 0.825. The van der Waals surface area contributed by atoms with Gasteiger partial charge in [0.1, 0.15) is 11.8 Å². The predicted molar refractivity (Wildman–Crippen MR) is 137 cm³/mol. The number of halogens is 1. The maximum absolute atomic E-state index is 13.3. The van der Waals surface area contributed by atoms with E-state index in [0.717, 1.165) is 22.0 Å². The highest BCUT2D eigenvalue weighted by atomic mass is 79.9. The van der Waals surface area contributed by atoms with Crippen molar-refractivity contribution < 1.29 is 14.3 Å². The highest BCUT2D eigenvalue weighted by Gasteiger charge is 2.27. The van der Waals surface area contributed by atoms with Crippen LogP contribution in [0.4, 0.5) is 0 Å². The molecule has 2 rings (SSSR count). The van der Waals surface area contributed by atoms with Crippen molar-refractivity contribution in [3.63, 3.8) is 0 Å². The zero-order valence-corrected chi connectivity index (χ0v) is 22.5. The molecule has 5 nitrogen and oxygen atoms in total. The summed E-state index contributed by atoms with van der Waals surface area (Å²) in [5.74, 6) is 0.194. The Balaban J connectivity index is 2.19. The zero-order valence-electron chi connectivity index (χ0n) is 20.9. The molecule has 6 heteroatoms. The number of rotatable bonds is 9. The Morgan fingerprint density at radius 3 is 2.39 bits per heavy atom. The largest absolute Gasteiger partial charge is 0.483 e. The molecule has 0 aliphatic carbocycles. The van der Waals surface area contributed by atoms with Crippen LogP contribution < -0.4 is 10.1 Å². The first-order valence-corrected chi connectivity index (χ1v) is 12.3. The Morgan fingerprint density at radius 2 is 1.82 bits per heavy atom. The average molecular weight is 518 g/mol. The highest BCUT2D eigenvalue weighted by Crippen LogP contribution is 2.31. The second kappa shape index (κ2) is 11.7. The maximum Gasteiger partial charge on any atom is 0.261 e. The van der Waals surface area contributed by atoms with Crippen molar-refractivity contribution in [2.45, 2.75) is 78.9 Å². The van der Waals surface area contributed by atoms with E-state index in [1.54, 1.807) is 11.8 Å². The molecular weight excluding hydrogens is 480 g/mol. The number of nitrogens with one attached hydrogen (secondary N) is 1. The molecule has 0 aliphatic heterocycles. The average Bonchev–Trinajstić information content (AvgIpc) is 2.75. The zero-order chi connectivity index (χ0) is 24.8. The van der Waals surface area contributed by atoms with E-state index >= 15 is 0 Å². The summed E-state index contributed by atoms with van der Waals surface area (Å²) in [4.78, 5) is 27.7. The van der Waals surface area contributed by atoms with E-state index in [2.05, 4.69) is 42.0 Å². The van der Waals surface area contributed by atoms with Crippen molar-refractivity contribution in [2.75, 3.05) is 6.61 Å². The van der Waals surface area contributed by atoms with E-state index in [-0.39, 0.29) is 29.9 Å². The third-order valence-electron chi connectivity index (χ3n) is 5.75. The smallest absolute Gasteiger partial charge is 0.261 e. The summed E-state index contributed by atoms with van der Waals surface area (Å²) in [6.45, 7) is 14.4. The van der Waals surface area contributed by atoms with Gasteiger partial charge in [-0.15, -0.1) is 0 Å². The second-order valence-electron chi connectivity index (χ2n) is 9.69. The molecule has 33 heavy (non-hydrogen) atoms. The highest BCUT2D eigenvalue weighted by molar-refractivity contribution is 9.10. The molecule has 0 aliphatic rings. The number of amides is 2. The van der Waals surface area contributed by atoms with Crippen LogP contribution in [0.15, 0.2) is 46.9 Å². The van der Waals surface area contributed by atoms with Gasteiger partial charge in [-0.2, -0.15) is 0 Å². The predicted octanol–water partition coefficient (Wildman–Crippen LogP) is 5.77. The van der Waals surface area contributed by atoms with Gasteiger partial charge in [0.05, 0.1) is 4.47 Å². The van der Waals surface area contributed by atoms with E-state index in [4.69, 9.17) is 4.74 Å². The van der Waals surface area contributed by atoms with E-state index in [1.807, 2.05) is 63.2 Å². The summed E-state index contributed by atoms with van der Waals surface area (Å²) in [6, 6.07) is 13.3. The topological polar surface area (TPSA) is 58.6 Å². The summed E-state index contributed by atoms with van der Waals surface area (Å²) < 4.78 is 6.67. The number of aryl methyl sites for hydroxylation is 1. The Bertz CT molecular complexity index is 968. The lowest BCUT2D eigenvalue weighted by molar-refractivity contribution is -0.142. The Labute approximate surface area is 207 Å². The van der Waals surface area contributed by atoms with Crippen molar-refractivity contribution in [3.8, 4) is 5.75 Å². The van der Waals surface area contributed by atoms with Gasteiger partial charge in [-0.05, 0) is 71.8 Å². The van der Waals surface area contributed by atoms with Gasteiger partial charge in [-0.1, -0.05) is 63.6 Å². The number of nitrogens with zero attached hydrogens (tertiary/aromatic N) is 1. The summed E-state index contributed by atoms with van der Waals surface area (Å²) in [5.41, 5.74) is 3.27. The number of hydrogen-bond donors (Lipinski definition) is 1. The number of carbonyl (C=O) groups excluding carboxylic acids is 2. The fraction of sp³-hybridized carbons (Fsp3) is 0.481. The van der Waals surface area contributed by atoms with Crippen molar-refractivity contribution in [3.05, 3.63) is 63.6 Å². The van der Waals surface area contributed by atoms with Crippen LogP contribution in [-0.4, -0.2) is 35.4 Å². The van der Waals surface area contributed by atoms with Gasteiger partial charge in [0.25, 0.3) is 5.91 Å². The molecule has 0 fully saturated rings. The first-order valence-electron chi connectivity index (χ1n) is 11.5. The number of ether oxygens (including phenoxy) is 1. The molecule has 2 amide bonds. The van der Waals surface area contributed by atoms with Crippen LogP contribution in [0, 0.1) is 6.92 Å². The SMILES string of the molecule is CC[C@@H](C)NC(=O)[C@H](C)N(Cc1cccc(C)c1)C(=O)COc1ccc(C(C)(C)C)cc1Br. The molecule has 0 saturated carbocycles. The molecule has 2 aromatic carbocycles. The lowest BCUT2D eigenvalue weighted by Gasteiger charge is -2.30. The molecule has 2 atom stereocenters. The number of benzene rings is 2. The number of hydrogen-bond acceptors (Lipinski definition) is 3. The first kappa shape index (κ1) is 26.9.